The van der Waals surface area contributed by atoms with Crippen LogP contribution in [0.3, 0.4) is 0 Å². The van der Waals surface area contributed by atoms with Crippen molar-refractivity contribution in [2.45, 2.75) is 142 Å². The minimum absolute atomic E-state index is 0.0729. The van der Waals surface area contributed by atoms with Crippen LogP contribution in [0.2, 0.25) is 0 Å². The number of aliphatic hydroxyl groups excluding tert-OH is 2. The van der Waals surface area contributed by atoms with Crippen LogP contribution in [-0.4, -0.2) is 53.4 Å². The fourth-order valence-electron chi connectivity index (χ4n) is 5.08. The fraction of sp³-hybridized carbons (Fsp3) is 0.750. The largest absolute Gasteiger partial charge is 0.463 e. The monoisotopic (exact) mass is 604 g/mol. The van der Waals surface area contributed by atoms with E-state index in [0.717, 1.165) is 57.3 Å². The summed E-state index contributed by atoms with van der Waals surface area (Å²) in [6.07, 6.45) is 25.5. The molecule has 0 radical (unpaired) electrons. The molecule has 0 spiro atoms. The predicted octanol–water partition coefficient (Wildman–Crippen LogP) is 7.59. The molecule has 0 aromatic heterocycles. The van der Waals surface area contributed by atoms with Gasteiger partial charge in [-0.3, -0.25) is 14.4 Å². The number of hydrogen-bond acceptors (Lipinski definition) is 7. The number of carbonyl (C=O) groups is 3. The first-order valence-electron chi connectivity index (χ1n) is 17.0. The number of ketones is 1. The van der Waals surface area contributed by atoms with Gasteiger partial charge >= 0.3 is 11.9 Å². The van der Waals surface area contributed by atoms with E-state index in [1.807, 2.05) is 24.3 Å². The molecule has 0 saturated heterocycles. The summed E-state index contributed by atoms with van der Waals surface area (Å²) in [7, 11) is 0. The third-order valence-electron chi connectivity index (χ3n) is 7.80. The van der Waals surface area contributed by atoms with E-state index in [0.29, 0.717) is 19.3 Å². The Kier molecular flexibility index (Phi) is 22.6. The first kappa shape index (κ1) is 38.8. The van der Waals surface area contributed by atoms with Gasteiger partial charge in [0.25, 0.3) is 0 Å². The highest BCUT2D eigenvalue weighted by atomic mass is 16.6. The molecule has 1 aliphatic carbocycles. The molecule has 43 heavy (non-hydrogen) atoms. The summed E-state index contributed by atoms with van der Waals surface area (Å²) in [4.78, 5) is 36.1. The van der Waals surface area contributed by atoms with Crippen LogP contribution in [0.25, 0.3) is 0 Å². The summed E-state index contributed by atoms with van der Waals surface area (Å²) < 4.78 is 10.2. The predicted molar refractivity (Wildman–Crippen MR) is 172 cm³/mol. The van der Waals surface area contributed by atoms with Crippen LogP contribution < -0.4 is 0 Å². The van der Waals surface area contributed by atoms with E-state index in [1.54, 1.807) is 12.2 Å². The van der Waals surface area contributed by atoms with Gasteiger partial charge in [-0.2, -0.15) is 0 Å². The lowest BCUT2D eigenvalue weighted by Gasteiger charge is -2.13. The van der Waals surface area contributed by atoms with Crippen molar-refractivity contribution in [2.24, 2.45) is 17.8 Å². The molecule has 7 heteroatoms. The maximum Gasteiger partial charge on any atom is 0.305 e. The van der Waals surface area contributed by atoms with Crippen molar-refractivity contribution >= 4 is 17.7 Å². The third-order valence-corrected chi connectivity index (χ3v) is 7.80. The molecular weight excluding hydrogens is 544 g/mol. The lowest BCUT2D eigenvalue weighted by Crippen LogP contribution is -2.25. The van der Waals surface area contributed by atoms with Crippen LogP contribution in [0.4, 0.5) is 0 Å². The first-order valence-corrected chi connectivity index (χ1v) is 17.0. The Bertz CT molecular complexity index is 845. The van der Waals surface area contributed by atoms with Gasteiger partial charge in [0.2, 0.25) is 0 Å². The van der Waals surface area contributed by atoms with Crippen LogP contribution in [-0.2, 0) is 23.9 Å². The smallest absolute Gasteiger partial charge is 0.305 e. The number of allylic oxidation sites excluding steroid dienone is 5. The van der Waals surface area contributed by atoms with Crippen LogP contribution in [0.15, 0.2) is 36.5 Å². The van der Waals surface area contributed by atoms with Crippen molar-refractivity contribution in [1.82, 2.24) is 0 Å². The summed E-state index contributed by atoms with van der Waals surface area (Å²) in [5.74, 6) is -0.0179. The maximum absolute atomic E-state index is 12.2. The van der Waals surface area contributed by atoms with Gasteiger partial charge < -0.3 is 19.7 Å². The van der Waals surface area contributed by atoms with Crippen LogP contribution in [0.1, 0.15) is 130 Å². The van der Waals surface area contributed by atoms with Crippen molar-refractivity contribution in [3.8, 4) is 0 Å². The first-order chi connectivity index (χ1) is 20.7. The Morgan fingerprint density at radius 2 is 1.44 bits per heavy atom. The second-order valence-corrected chi connectivity index (χ2v) is 12.4. The minimum atomic E-state index is -1.03. The molecule has 7 nitrogen and oxygen atoms in total. The second-order valence-electron chi connectivity index (χ2n) is 12.4. The average Bonchev–Trinajstić information content (AvgIpc) is 3.33. The highest BCUT2D eigenvalue weighted by molar-refractivity contribution is 5.95. The normalized spacial score (nSPS) is 18.2. The molecule has 2 N–H and O–H groups in total. The van der Waals surface area contributed by atoms with E-state index in [2.05, 4.69) is 20.8 Å². The number of esters is 2. The highest BCUT2D eigenvalue weighted by Crippen LogP contribution is 2.27. The Hall–Kier alpha value is -2.25. The summed E-state index contributed by atoms with van der Waals surface area (Å²) in [5, 5.41) is 20.1. The van der Waals surface area contributed by atoms with Crippen LogP contribution in [0.5, 0.6) is 0 Å². The van der Waals surface area contributed by atoms with E-state index >= 15 is 0 Å². The standard InChI is InChI=1S/C36H60O7/c1-4-5-13-20-31(37)24-25-33-30(23-26-34(33)39)19-15-11-12-17-22-36(41)43-28-32(38)27-42-35(40)21-16-10-8-6-7-9-14-18-29(2)3/h11,15,23-26,29-33,37-38H,4-10,12-14,16-22,27-28H2,1-3H3/b15-11-,25-24+/t30-,31-,32+,33+/m0/s1. The minimum Gasteiger partial charge on any atom is -0.463 e. The molecule has 1 rings (SSSR count). The van der Waals surface area contributed by atoms with Crippen molar-refractivity contribution in [3.05, 3.63) is 36.5 Å². The van der Waals surface area contributed by atoms with E-state index in [1.165, 1.54) is 32.1 Å². The van der Waals surface area contributed by atoms with Gasteiger partial charge in [0.15, 0.2) is 5.78 Å². The zero-order chi connectivity index (χ0) is 31.7. The number of aliphatic hydroxyl groups is 2. The zero-order valence-corrected chi connectivity index (χ0v) is 27.2. The third kappa shape index (κ3) is 21.2. The van der Waals surface area contributed by atoms with E-state index < -0.39 is 18.2 Å². The van der Waals surface area contributed by atoms with Gasteiger partial charge in [-0.05, 0) is 50.0 Å². The van der Waals surface area contributed by atoms with Crippen molar-refractivity contribution in [2.75, 3.05) is 13.2 Å². The van der Waals surface area contributed by atoms with Gasteiger partial charge in [0, 0.05) is 18.8 Å². The van der Waals surface area contributed by atoms with Crippen molar-refractivity contribution in [3.63, 3.8) is 0 Å². The number of carbonyl (C=O) groups excluding carboxylic acids is 3. The van der Waals surface area contributed by atoms with Gasteiger partial charge in [0.05, 0.1) is 6.10 Å². The second kappa shape index (κ2) is 25.1. The van der Waals surface area contributed by atoms with Crippen LogP contribution >= 0.6 is 0 Å². The van der Waals surface area contributed by atoms with E-state index in [9.17, 15) is 24.6 Å². The van der Waals surface area contributed by atoms with Crippen LogP contribution in [0, 0.1) is 17.8 Å². The topological polar surface area (TPSA) is 110 Å². The maximum atomic E-state index is 12.2. The van der Waals surface area contributed by atoms with E-state index in [4.69, 9.17) is 9.47 Å². The molecular formula is C36H60O7. The number of hydrogen-bond donors (Lipinski definition) is 2. The van der Waals surface area contributed by atoms with Gasteiger partial charge in [0.1, 0.15) is 19.3 Å². The molecule has 0 amide bonds. The summed E-state index contributed by atoms with van der Waals surface area (Å²) in [6.45, 7) is 6.28. The molecule has 0 saturated carbocycles. The SMILES string of the molecule is CCCCC[C@H](O)/C=C/[C@H]1C(=O)C=C[C@@H]1C/C=C\CCCC(=O)OC[C@H](O)COC(=O)CCCCCCCCCC(C)C. The highest BCUT2D eigenvalue weighted by Gasteiger charge is 2.26. The number of unbranched alkanes of at least 4 members (excludes halogenated alkanes) is 9. The van der Waals surface area contributed by atoms with Gasteiger partial charge in [-0.15, -0.1) is 0 Å². The number of ether oxygens (including phenoxy) is 2. The molecule has 4 atom stereocenters. The lowest BCUT2D eigenvalue weighted by atomic mass is 9.90. The molecule has 1 aliphatic rings. The molecule has 0 aromatic carbocycles. The fourth-order valence-corrected chi connectivity index (χ4v) is 5.08. The van der Waals surface area contributed by atoms with Crippen molar-refractivity contribution < 1.29 is 34.1 Å². The Labute approximate surface area is 261 Å². The molecule has 0 aromatic rings. The molecule has 0 unspecified atom stereocenters. The Morgan fingerprint density at radius 1 is 0.837 bits per heavy atom. The Morgan fingerprint density at radius 3 is 2.09 bits per heavy atom. The molecule has 0 bridgehead atoms. The van der Waals surface area contributed by atoms with Gasteiger partial charge in [-0.1, -0.05) is 115 Å². The zero-order valence-electron chi connectivity index (χ0n) is 27.2. The number of rotatable bonds is 26. The molecule has 0 heterocycles. The summed E-state index contributed by atoms with van der Waals surface area (Å²) in [5.41, 5.74) is 0. The molecule has 0 aliphatic heterocycles. The Balaban J connectivity index is 2.08. The van der Waals surface area contributed by atoms with Crippen molar-refractivity contribution in [1.29, 1.82) is 0 Å². The molecule has 246 valence electrons. The molecule has 0 fully saturated rings. The lowest BCUT2D eigenvalue weighted by molar-refractivity contribution is -0.152. The summed E-state index contributed by atoms with van der Waals surface area (Å²) in [6, 6.07) is 0. The van der Waals surface area contributed by atoms with Gasteiger partial charge in [-0.25, -0.2) is 0 Å². The summed E-state index contributed by atoms with van der Waals surface area (Å²) >= 11 is 0. The van der Waals surface area contributed by atoms with E-state index in [-0.39, 0.29) is 43.2 Å². The quantitative estimate of drug-likeness (QED) is 0.0595. The average molecular weight is 605 g/mol.